The maximum Gasteiger partial charge on any atom is 0.110 e. The van der Waals surface area contributed by atoms with Gasteiger partial charge in [-0.2, -0.15) is 0 Å². The van der Waals surface area contributed by atoms with Crippen LogP contribution in [0.25, 0.3) is 0 Å². The summed E-state index contributed by atoms with van der Waals surface area (Å²) >= 11 is 0. The van der Waals surface area contributed by atoms with Gasteiger partial charge in [0.2, 0.25) is 0 Å². The number of aliphatic hydroxyl groups is 1. The first-order valence-electron chi connectivity index (χ1n) is 6.97. The molecule has 2 rings (SSSR count). The summed E-state index contributed by atoms with van der Waals surface area (Å²) in [5, 5.41) is 13.1. The number of aliphatic hydroxyl groups excluding tert-OH is 1. The zero-order valence-corrected chi connectivity index (χ0v) is 10.7. The van der Waals surface area contributed by atoms with E-state index in [1.807, 2.05) is 6.26 Å². The maximum absolute atomic E-state index is 9.60. The normalized spacial score (nSPS) is 27.7. The summed E-state index contributed by atoms with van der Waals surface area (Å²) in [5.74, 6) is 0. The van der Waals surface area contributed by atoms with Crippen LogP contribution in [0.2, 0.25) is 0 Å². The largest absolute Gasteiger partial charge is 0.497 e. The summed E-state index contributed by atoms with van der Waals surface area (Å²) in [6.07, 6.45) is 12.6. The summed E-state index contributed by atoms with van der Waals surface area (Å²) in [5.41, 5.74) is 0.142. The Balaban J connectivity index is 1.70. The standard InChI is InChI=1S/C14H25NO2/c16-12-14(7-3-1-4-8-14)11-15-10-13-6-2-5-9-17-13/h5,9,13,15-16H,1-4,6-8,10-12H2. The number of ether oxygens (including phenoxy) is 1. The fourth-order valence-electron chi connectivity index (χ4n) is 2.93. The highest BCUT2D eigenvalue weighted by atomic mass is 16.5. The van der Waals surface area contributed by atoms with E-state index in [0.29, 0.717) is 12.7 Å². The third-order valence-electron chi connectivity index (χ3n) is 4.14. The van der Waals surface area contributed by atoms with Gasteiger partial charge in [-0.25, -0.2) is 0 Å². The van der Waals surface area contributed by atoms with Crippen molar-refractivity contribution in [2.45, 2.75) is 51.0 Å². The highest BCUT2D eigenvalue weighted by Gasteiger charge is 2.31. The molecule has 1 aliphatic carbocycles. The van der Waals surface area contributed by atoms with E-state index in [0.717, 1.165) is 25.9 Å². The first-order chi connectivity index (χ1) is 8.35. The first kappa shape index (κ1) is 12.9. The van der Waals surface area contributed by atoms with Crippen LogP contribution in [-0.4, -0.2) is 30.9 Å². The van der Waals surface area contributed by atoms with Crippen molar-refractivity contribution in [3.8, 4) is 0 Å². The van der Waals surface area contributed by atoms with Crippen molar-refractivity contribution >= 4 is 0 Å². The lowest BCUT2D eigenvalue weighted by molar-refractivity contribution is 0.0711. The minimum atomic E-state index is 0.142. The molecule has 0 aromatic carbocycles. The van der Waals surface area contributed by atoms with Gasteiger partial charge in [0.15, 0.2) is 0 Å². The van der Waals surface area contributed by atoms with E-state index in [1.54, 1.807) is 0 Å². The molecular formula is C14H25NO2. The fraction of sp³-hybridized carbons (Fsp3) is 0.857. The van der Waals surface area contributed by atoms with Crippen molar-refractivity contribution in [3.05, 3.63) is 12.3 Å². The molecule has 1 atom stereocenters. The Labute approximate surface area is 104 Å². The Kier molecular flexibility index (Phi) is 4.86. The van der Waals surface area contributed by atoms with Gasteiger partial charge in [-0.1, -0.05) is 19.3 Å². The van der Waals surface area contributed by atoms with E-state index < -0.39 is 0 Å². The molecule has 1 saturated carbocycles. The Morgan fingerprint density at radius 2 is 2.12 bits per heavy atom. The molecule has 1 heterocycles. The zero-order valence-electron chi connectivity index (χ0n) is 10.7. The maximum atomic E-state index is 9.60. The lowest BCUT2D eigenvalue weighted by Gasteiger charge is -2.36. The lowest BCUT2D eigenvalue weighted by Crippen LogP contribution is -2.41. The molecular weight excluding hydrogens is 214 g/mol. The molecule has 1 aliphatic heterocycles. The summed E-state index contributed by atoms with van der Waals surface area (Å²) in [4.78, 5) is 0. The van der Waals surface area contributed by atoms with Gasteiger partial charge in [0.1, 0.15) is 6.10 Å². The molecule has 0 aromatic rings. The van der Waals surface area contributed by atoms with Crippen molar-refractivity contribution in [2.24, 2.45) is 5.41 Å². The topological polar surface area (TPSA) is 41.5 Å². The molecule has 0 spiro atoms. The van der Waals surface area contributed by atoms with E-state index >= 15 is 0 Å². The van der Waals surface area contributed by atoms with Crippen LogP contribution in [0.4, 0.5) is 0 Å². The molecule has 0 aromatic heterocycles. The van der Waals surface area contributed by atoms with E-state index in [4.69, 9.17) is 4.74 Å². The van der Waals surface area contributed by atoms with Gasteiger partial charge in [-0.15, -0.1) is 0 Å². The van der Waals surface area contributed by atoms with Crippen LogP contribution < -0.4 is 5.32 Å². The van der Waals surface area contributed by atoms with E-state index in [-0.39, 0.29) is 5.41 Å². The molecule has 1 fully saturated rings. The van der Waals surface area contributed by atoms with Gasteiger partial charge in [0, 0.05) is 25.1 Å². The Bertz CT molecular complexity index is 247. The molecule has 0 bridgehead atoms. The molecule has 3 heteroatoms. The third-order valence-corrected chi connectivity index (χ3v) is 4.14. The number of hydrogen-bond donors (Lipinski definition) is 2. The first-order valence-corrected chi connectivity index (χ1v) is 6.97. The Hall–Kier alpha value is -0.540. The predicted molar refractivity (Wildman–Crippen MR) is 68.7 cm³/mol. The third kappa shape index (κ3) is 3.71. The van der Waals surface area contributed by atoms with E-state index in [9.17, 15) is 5.11 Å². The molecule has 2 N–H and O–H groups in total. The minimum Gasteiger partial charge on any atom is -0.497 e. The molecule has 98 valence electrons. The number of rotatable bonds is 5. The second-order valence-electron chi connectivity index (χ2n) is 5.56. The number of allylic oxidation sites excluding steroid dienone is 1. The predicted octanol–water partition coefficient (Wildman–Crippen LogP) is 2.21. The molecule has 0 amide bonds. The average Bonchev–Trinajstić information content (AvgIpc) is 2.41. The van der Waals surface area contributed by atoms with E-state index in [1.165, 1.54) is 32.1 Å². The van der Waals surface area contributed by atoms with Crippen molar-refractivity contribution < 1.29 is 9.84 Å². The summed E-state index contributed by atoms with van der Waals surface area (Å²) in [7, 11) is 0. The molecule has 1 unspecified atom stereocenters. The molecule has 17 heavy (non-hydrogen) atoms. The average molecular weight is 239 g/mol. The molecule has 2 aliphatic rings. The van der Waals surface area contributed by atoms with Gasteiger partial charge >= 0.3 is 0 Å². The summed E-state index contributed by atoms with van der Waals surface area (Å²) in [6.45, 7) is 2.17. The number of nitrogens with one attached hydrogen (secondary N) is 1. The SMILES string of the molecule is OCC1(CNCC2CCC=CO2)CCCCC1. The van der Waals surface area contributed by atoms with Crippen LogP contribution in [-0.2, 0) is 4.74 Å². The van der Waals surface area contributed by atoms with Gasteiger partial charge in [0.25, 0.3) is 0 Å². The highest BCUT2D eigenvalue weighted by molar-refractivity contribution is 4.86. The van der Waals surface area contributed by atoms with E-state index in [2.05, 4.69) is 11.4 Å². The molecule has 0 saturated heterocycles. The van der Waals surface area contributed by atoms with Crippen LogP contribution in [0.5, 0.6) is 0 Å². The van der Waals surface area contributed by atoms with Crippen LogP contribution in [0, 0.1) is 5.41 Å². The summed E-state index contributed by atoms with van der Waals surface area (Å²) < 4.78 is 5.53. The second-order valence-corrected chi connectivity index (χ2v) is 5.56. The van der Waals surface area contributed by atoms with Gasteiger partial charge in [-0.05, 0) is 31.8 Å². The minimum absolute atomic E-state index is 0.142. The van der Waals surface area contributed by atoms with Crippen molar-refractivity contribution in [2.75, 3.05) is 19.7 Å². The van der Waals surface area contributed by atoms with Crippen LogP contribution in [0.15, 0.2) is 12.3 Å². The zero-order chi connectivity index (χ0) is 12.0. The van der Waals surface area contributed by atoms with Gasteiger partial charge < -0.3 is 15.2 Å². The summed E-state index contributed by atoms with van der Waals surface area (Å²) in [6, 6.07) is 0. The highest BCUT2D eigenvalue weighted by Crippen LogP contribution is 2.35. The second kappa shape index (κ2) is 6.41. The van der Waals surface area contributed by atoms with Gasteiger partial charge in [-0.3, -0.25) is 0 Å². The smallest absolute Gasteiger partial charge is 0.110 e. The lowest BCUT2D eigenvalue weighted by atomic mass is 9.74. The van der Waals surface area contributed by atoms with Crippen molar-refractivity contribution in [3.63, 3.8) is 0 Å². The van der Waals surface area contributed by atoms with Crippen molar-refractivity contribution in [1.29, 1.82) is 0 Å². The van der Waals surface area contributed by atoms with Crippen LogP contribution in [0.3, 0.4) is 0 Å². The fourth-order valence-corrected chi connectivity index (χ4v) is 2.93. The number of hydrogen-bond acceptors (Lipinski definition) is 3. The van der Waals surface area contributed by atoms with Crippen LogP contribution >= 0.6 is 0 Å². The van der Waals surface area contributed by atoms with Crippen LogP contribution in [0.1, 0.15) is 44.9 Å². The Morgan fingerprint density at radius 3 is 2.76 bits per heavy atom. The monoisotopic (exact) mass is 239 g/mol. The van der Waals surface area contributed by atoms with Gasteiger partial charge in [0.05, 0.1) is 6.26 Å². The molecule has 3 nitrogen and oxygen atoms in total. The van der Waals surface area contributed by atoms with Crippen molar-refractivity contribution in [1.82, 2.24) is 5.32 Å². The Morgan fingerprint density at radius 1 is 1.29 bits per heavy atom. The quantitative estimate of drug-likeness (QED) is 0.773. The molecule has 0 radical (unpaired) electrons.